The van der Waals surface area contributed by atoms with E-state index in [0.29, 0.717) is 5.92 Å². The lowest BCUT2D eigenvalue weighted by Crippen LogP contribution is -2.35. The zero-order valence-electron chi connectivity index (χ0n) is 10.6. The van der Waals surface area contributed by atoms with Crippen molar-refractivity contribution in [3.8, 4) is 0 Å². The van der Waals surface area contributed by atoms with E-state index in [1.165, 1.54) is 0 Å². The molecule has 0 bridgehead atoms. The average Bonchev–Trinajstić information content (AvgIpc) is 2.74. The number of rotatable bonds is 7. The van der Waals surface area contributed by atoms with Gasteiger partial charge < -0.3 is 4.57 Å². The van der Waals surface area contributed by atoms with E-state index in [2.05, 4.69) is 35.7 Å². The normalized spacial score (nSPS) is 13.3. The minimum absolute atomic E-state index is 0.163. The van der Waals surface area contributed by atoms with Crippen molar-refractivity contribution in [1.82, 2.24) is 15.0 Å². The first-order valence-electron chi connectivity index (χ1n) is 6.25. The number of aryl methyl sites for hydroxylation is 1. The van der Waals surface area contributed by atoms with Crippen LogP contribution in [0.25, 0.3) is 0 Å². The molecule has 3 N–H and O–H groups in total. The maximum atomic E-state index is 5.68. The van der Waals surface area contributed by atoms with Gasteiger partial charge in [-0.05, 0) is 12.3 Å². The highest BCUT2D eigenvalue weighted by atomic mass is 15.3. The SMILES string of the molecule is CCCn1ccnc1C(NN)C(CC)CC. The third-order valence-electron chi connectivity index (χ3n) is 3.19. The fourth-order valence-corrected chi connectivity index (χ4v) is 2.21. The Morgan fingerprint density at radius 1 is 1.38 bits per heavy atom. The number of nitrogens with two attached hydrogens (primary N) is 1. The van der Waals surface area contributed by atoms with Crippen LogP contribution in [0.3, 0.4) is 0 Å². The second kappa shape index (κ2) is 6.66. The van der Waals surface area contributed by atoms with Crippen LogP contribution in [-0.2, 0) is 6.54 Å². The molecular weight excluding hydrogens is 200 g/mol. The van der Waals surface area contributed by atoms with Crippen molar-refractivity contribution in [3.05, 3.63) is 18.2 Å². The smallest absolute Gasteiger partial charge is 0.127 e. The number of hydrogen-bond donors (Lipinski definition) is 2. The van der Waals surface area contributed by atoms with E-state index in [1.807, 2.05) is 12.4 Å². The molecular formula is C12H24N4. The van der Waals surface area contributed by atoms with Crippen molar-refractivity contribution in [1.29, 1.82) is 0 Å². The fourth-order valence-electron chi connectivity index (χ4n) is 2.21. The van der Waals surface area contributed by atoms with Gasteiger partial charge in [0.15, 0.2) is 0 Å². The number of nitrogens with one attached hydrogen (secondary N) is 1. The molecule has 1 rings (SSSR count). The Labute approximate surface area is 98.2 Å². The summed E-state index contributed by atoms with van der Waals surface area (Å²) in [5, 5.41) is 0. The summed E-state index contributed by atoms with van der Waals surface area (Å²) < 4.78 is 2.20. The lowest BCUT2D eigenvalue weighted by atomic mass is 9.94. The minimum Gasteiger partial charge on any atom is -0.334 e. The summed E-state index contributed by atoms with van der Waals surface area (Å²) >= 11 is 0. The van der Waals surface area contributed by atoms with Crippen LogP contribution < -0.4 is 11.3 Å². The summed E-state index contributed by atoms with van der Waals surface area (Å²) in [4.78, 5) is 4.44. The number of aromatic nitrogens is 2. The molecule has 1 aromatic heterocycles. The molecule has 1 heterocycles. The molecule has 0 aliphatic heterocycles. The van der Waals surface area contributed by atoms with E-state index in [1.54, 1.807) is 0 Å². The van der Waals surface area contributed by atoms with E-state index in [-0.39, 0.29) is 6.04 Å². The topological polar surface area (TPSA) is 55.9 Å². The molecule has 1 atom stereocenters. The molecule has 0 aliphatic carbocycles. The molecule has 1 unspecified atom stereocenters. The van der Waals surface area contributed by atoms with Crippen LogP contribution in [0.15, 0.2) is 12.4 Å². The van der Waals surface area contributed by atoms with Gasteiger partial charge in [0.2, 0.25) is 0 Å². The van der Waals surface area contributed by atoms with Gasteiger partial charge in [-0.3, -0.25) is 5.84 Å². The molecule has 4 heteroatoms. The second-order valence-corrected chi connectivity index (χ2v) is 4.20. The van der Waals surface area contributed by atoms with Crippen molar-refractivity contribution in [2.24, 2.45) is 11.8 Å². The molecule has 0 aromatic carbocycles. The monoisotopic (exact) mass is 224 g/mol. The Balaban J connectivity index is 2.88. The van der Waals surface area contributed by atoms with Gasteiger partial charge in [-0.2, -0.15) is 0 Å². The summed E-state index contributed by atoms with van der Waals surface area (Å²) in [6.45, 7) is 7.58. The second-order valence-electron chi connectivity index (χ2n) is 4.20. The molecule has 1 aromatic rings. The Morgan fingerprint density at radius 2 is 2.06 bits per heavy atom. The van der Waals surface area contributed by atoms with Gasteiger partial charge in [-0.1, -0.05) is 33.6 Å². The van der Waals surface area contributed by atoms with Gasteiger partial charge >= 0.3 is 0 Å². The third-order valence-corrected chi connectivity index (χ3v) is 3.19. The molecule has 16 heavy (non-hydrogen) atoms. The molecule has 0 saturated carbocycles. The lowest BCUT2D eigenvalue weighted by molar-refractivity contribution is 0.323. The minimum atomic E-state index is 0.163. The Morgan fingerprint density at radius 3 is 2.56 bits per heavy atom. The molecule has 4 nitrogen and oxygen atoms in total. The maximum absolute atomic E-state index is 5.68. The molecule has 0 saturated heterocycles. The van der Waals surface area contributed by atoms with E-state index in [9.17, 15) is 0 Å². The maximum Gasteiger partial charge on any atom is 0.127 e. The molecule has 0 aliphatic rings. The number of imidazole rings is 1. The number of nitrogens with zero attached hydrogens (tertiary/aromatic N) is 2. The molecule has 0 radical (unpaired) electrons. The average molecular weight is 224 g/mol. The quantitative estimate of drug-likeness (QED) is 0.551. The first-order chi connectivity index (χ1) is 7.78. The number of hydrazine groups is 1. The van der Waals surface area contributed by atoms with Crippen LogP contribution in [0.2, 0.25) is 0 Å². The highest BCUT2D eigenvalue weighted by Crippen LogP contribution is 2.25. The highest BCUT2D eigenvalue weighted by Gasteiger charge is 2.22. The van der Waals surface area contributed by atoms with Crippen molar-refractivity contribution in [2.75, 3.05) is 0 Å². The summed E-state index contributed by atoms with van der Waals surface area (Å²) in [5.41, 5.74) is 2.92. The van der Waals surface area contributed by atoms with Crippen LogP contribution in [0.5, 0.6) is 0 Å². The Bertz CT molecular complexity index is 291. The zero-order chi connectivity index (χ0) is 12.0. The predicted molar refractivity (Wildman–Crippen MR) is 66.7 cm³/mol. The summed E-state index contributed by atoms with van der Waals surface area (Å²) in [6.07, 6.45) is 7.24. The molecule has 0 amide bonds. The Kier molecular flexibility index (Phi) is 5.49. The largest absolute Gasteiger partial charge is 0.334 e. The lowest BCUT2D eigenvalue weighted by Gasteiger charge is -2.24. The van der Waals surface area contributed by atoms with Crippen LogP contribution in [-0.4, -0.2) is 9.55 Å². The fraction of sp³-hybridized carbons (Fsp3) is 0.750. The number of hydrogen-bond acceptors (Lipinski definition) is 3. The van der Waals surface area contributed by atoms with Crippen LogP contribution in [0.4, 0.5) is 0 Å². The zero-order valence-corrected chi connectivity index (χ0v) is 10.6. The highest BCUT2D eigenvalue weighted by molar-refractivity contribution is 5.01. The van der Waals surface area contributed by atoms with Crippen molar-refractivity contribution in [2.45, 2.75) is 52.6 Å². The van der Waals surface area contributed by atoms with Gasteiger partial charge in [0.05, 0.1) is 6.04 Å². The van der Waals surface area contributed by atoms with Gasteiger partial charge in [-0.25, -0.2) is 10.4 Å². The van der Waals surface area contributed by atoms with Crippen molar-refractivity contribution < 1.29 is 0 Å². The molecule has 92 valence electrons. The summed E-state index contributed by atoms with van der Waals surface area (Å²) in [7, 11) is 0. The summed E-state index contributed by atoms with van der Waals surface area (Å²) in [5.74, 6) is 7.29. The van der Waals surface area contributed by atoms with E-state index < -0.39 is 0 Å². The van der Waals surface area contributed by atoms with Gasteiger partial charge in [0.25, 0.3) is 0 Å². The van der Waals surface area contributed by atoms with Gasteiger partial charge in [-0.15, -0.1) is 0 Å². The molecule has 0 fully saturated rings. The van der Waals surface area contributed by atoms with Gasteiger partial charge in [0, 0.05) is 18.9 Å². The first-order valence-corrected chi connectivity index (χ1v) is 6.25. The van der Waals surface area contributed by atoms with Gasteiger partial charge in [0.1, 0.15) is 5.82 Å². The molecule has 0 spiro atoms. The van der Waals surface area contributed by atoms with E-state index in [4.69, 9.17) is 5.84 Å². The van der Waals surface area contributed by atoms with Crippen LogP contribution >= 0.6 is 0 Å². The summed E-state index contributed by atoms with van der Waals surface area (Å²) in [6, 6.07) is 0.163. The third kappa shape index (κ3) is 2.83. The van der Waals surface area contributed by atoms with Crippen molar-refractivity contribution >= 4 is 0 Å². The van der Waals surface area contributed by atoms with Crippen LogP contribution in [0, 0.1) is 5.92 Å². The predicted octanol–water partition coefficient (Wildman–Crippen LogP) is 2.23. The standard InChI is InChI=1S/C12H24N4/c1-4-8-16-9-7-14-12(16)11(15-13)10(5-2)6-3/h7,9-11,15H,4-6,8,13H2,1-3H3. The van der Waals surface area contributed by atoms with E-state index >= 15 is 0 Å². The van der Waals surface area contributed by atoms with E-state index in [0.717, 1.165) is 31.6 Å². The Hall–Kier alpha value is -0.870. The van der Waals surface area contributed by atoms with Crippen molar-refractivity contribution in [3.63, 3.8) is 0 Å². The first kappa shape index (κ1) is 13.2. The van der Waals surface area contributed by atoms with Crippen LogP contribution in [0.1, 0.15) is 51.9 Å².